The van der Waals surface area contributed by atoms with Gasteiger partial charge in [0, 0.05) is 18.4 Å². The summed E-state index contributed by atoms with van der Waals surface area (Å²) in [6.07, 6.45) is 0.159. The molecule has 0 aliphatic heterocycles. The molecule has 1 aromatic carbocycles. The zero-order valence-corrected chi connectivity index (χ0v) is 12.9. The third-order valence-corrected chi connectivity index (χ3v) is 3.30. The van der Waals surface area contributed by atoms with E-state index < -0.39 is 11.7 Å². The molecule has 1 atom stereocenters. The molecule has 1 aromatic heterocycles. The fourth-order valence-electron chi connectivity index (χ4n) is 2.02. The largest absolute Gasteiger partial charge is 0.497 e. The minimum absolute atomic E-state index is 0.0594. The number of carbonyl (C=O) groups excluding carboxylic acids is 2. The lowest BCUT2D eigenvalue weighted by molar-refractivity contribution is -0.121. The number of aromatic amines is 2. The van der Waals surface area contributed by atoms with Gasteiger partial charge in [0.05, 0.1) is 13.2 Å². The molecular formula is C15H18N4O4. The second-order valence-corrected chi connectivity index (χ2v) is 5.00. The van der Waals surface area contributed by atoms with Gasteiger partial charge in [-0.05, 0) is 31.2 Å². The molecule has 0 fully saturated rings. The van der Waals surface area contributed by atoms with Crippen molar-refractivity contribution < 1.29 is 14.3 Å². The molecule has 0 bridgehead atoms. The third-order valence-electron chi connectivity index (χ3n) is 3.30. The van der Waals surface area contributed by atoms with Crippen molar-refractivity contribution >= 4 is 11.7 Å². The van der Waals surface area contributed by atoms with Gasteiger partial charge in [-0.25, -0.2) is 9.89 Å². The Balaban J connectivity index is 1.83. The number of aromatic nitrogens is 3. The number of benzene rings is 1. The summed E-state index contributed by atoms with van der Waals surface area (Å²) in [5.41, 5.74) is 0.0964. The van der Waals surface area contributed by atoms with E-state index in [-0.39, 0.29) is 24.5 Å². The topological polar surface area (TPSA) is 117 Å². The Morgan fingerprint density at radius 2 is 1.96 bits per heavy atom. The van der Waals surface area contributed by atoms with Crippen molar-refractivity contribution in [3.63, 3.8) is 0 Å². The molecule has 23 heavy (non-hydrogen) atoms. The van der Waals surface area contributed by atoms with Gasteiger partial charge in [0.15, 0.2) is 11.6 Å². The molecule has 122 valence electrons. The monoisotopic (exact) mass is 318 g/mol. The van der Waals surface area contributed by atoms with Gasteiger partial charge in [0.25, 0.3) is 0 Å². The number of amides is 1. The first kappa shape index (κ1) is 16.5. The van der Waals surface area contributed by atoms with Crippen molar-refractivity contribution in [1.29, 1.82) is 0 Å². The first-order valence-corrected chi connectivity index (χ1v) is 7.11. The van der Waals surface area contributed by atoms with Gasteiger partial charge in [0.2, 0.25) is 5.91 Å². The average molecular weight is 318 g/mol. The lowest BCUT2D eigenvalue weighted by Crippen LogP contribution is -2.27. The zero-order chi connectivity index (χ0) is 16.8. The predicted molar refractivity (Wildman–Crippen MR) is 82.3 cm³/mol. The fourth-order valence-corrected chi connectivity index (χ4v) is 2.02. The van der Waals surface area contributed by atoms with Crippen LogP contribution in [0.25, 0.3) is 0 Å². The van der Waals surface area contributed by atoms with E-state index in [1.54, 1.807) is 38.3 Å². The Morgan fingerprint density at radius 3 is 2.52 bits per heavy atom. The minimum atomic E-state index is -0.447. The molecule has 0 spiro atoms. The number of H-pyrrole nitrogens is 2. The van der Waals surface area contributed by atoms with Crippen molar-refractivity contribution in [2.24, 2.45) is 0 Å². The second-order valence-electron chi connectivity index (χ2n) is 5.00. The molecule has 3 N–H and O–H groups in total. The number of methoxy groups -OCH3 is 1. The van der Waals surface area contributed by atoms with Crippen LogP contribution in [0.2, 0.25) is 0 Å². The molecule has 0 radical (unpaired) electrons. The number of rotatable bonds is 7. The lowest BCUT2D eigenvalue weighted by Gasteiger charge is -2.10. The number of hydrogen-bond donors (Lipinski definition) is 3. The van der Waals surface area contributed by atoms with Crippen LogP contribution in [0, 0.1) is 0 Å². The van der Waals surface area contributed by atoms with Gasteiger partial charge in [0.1, 0.15) is 5.75 Å². The Bertz CT molecular complexity index is 732. The molecule has 1 heterocycles. The Labute approximate surface area is 132 Å². The Hall–Kier alpha value is -2.90. The predicted octanol–water partition coefficient (Wildman–Crippen LogP) is 0.947. The molecule has 1 amide bonds. The highest BCUT2D eigenvalue weighted by Gasteiger charge is 2.14. The van der Waals surface area contributed by atoms with E-state index in [9.17, 15) is 14.4 Å². The van der Waals surface area contributed by atoms with Crippen molar-refractivity contribution in [2.75, 3.05) is 7.11 Å². The summed E-state index contributed by atoms with van der Waals surface area (Å²) >= 11 is 0. The number of hydrogen-bond acceptors (Lipinski definition) is 5. The maximum Gasteiger partial charge on any atom is 0.340 e. The van der Waals surface area contributed by atoms with E-state index in [2.05, 4.69) is 20.5 Å². The normalized spacial score (nSPS) is 11.7. The number of nitrogens with one attached hydrogen (secondary N) is 3. The number of carbonyl (C=O) groups is 2. The van der Waals surface area contributed by atoms with E-state index in [1.807, 2.05) is 0 Å². The SMILES string of the molecule is COc1ccc(C(=O)CCC(=O)NC(C)c2n[nH]c(=O)[nH]2)cc1. The number of ketones is 1. The van der Waals surface area contributed by atoms with Crippen LogP contribution in [0.1, 0.15) is 42.0 Å². The molecular weight excluding hydrogens is 300 g/mol. The summed E-state index contributed by atoms with van der Waals surface area (Å²) in [4.78, 5) is 37.3. The second kappa shape index (κ2) is 7.39. The van der Waals surface area contributed by atoms with Crippen LogP contribution in [-0.4, -0.2) is 34.0 Å². The Kier molecular flexibility index (Phi) is 5.29. The van der Waals surface area contributed by atoms with E-state index in [0.29, 0.717) is 17.1 Å². The van der Waals surface area contributed by atoms with E-state index >= 15 is 0 Å². The highest BCUT2D eigenvalue weighted by molar-refractivity contribution is 5.98. The van der Waals surface area contributed by atoms with Crippen LogP contribution in [0.15, 0.2) is 29.1 Å². The molecule has 0 aliphatic rings. The van der Waals surface area contributed by atoms with Crippen LogP contribution in [0.5, 0.6) is 5.75 Å². The van der Waals surface area contributed by atoms with Gasteiger partial charge in [-0.2, -0.15) is 5.10 Å². The molecule has 0 saturated heterocycles. The molecule has 2 rings (SSSR count). The van der Waals surface area contributed by atoms with Crippen LogP contribution in [0.4, 0.5) is 0 Å². The minimum Gasteiger partial charge on any atom is -0.497 e. The van der Waals surface area contributed by atoms with Crippen LogP contribution in [-0.2, 0) is 4.79 Å². The molecule has 1 unspecified atom stereocenters. The average Bonchev–Trinajstić information content (AvgIpc) is 2.99. The van der Waals surface area contributed by atoms with Crippen molar-refractivity contribution in [3.8, 4) is 5.75 Å². The van der Waals surface area contributed by atoms with Gasteiger partial charge in [-0.1, -0.05) is 0 Å². The molecule has 0 aliphatic carbocycles. The molecule has 8 heteroatoms. The van der Waals surface area contributed by atoms with Crippen LogP contribution >= 0.6 is 0 Å². The van der Waals surface area contributed by atoms with E-state index in [4.69, 9.17) is 4.74 Å². The fraction of sp³-hybridized carbons (Fsp3) is 0.333. The summed E-state index contributed by atoms with van der Waals surface area (Å²) in [7, 11) is 1.55. The van der Waals surface area contributed by atoms with E-state index in [0.717, 1.165) is 0 Å². The van der Waals surface area contributed by atoms with Crippen molar-refractivity contribution in [1.82, 2.24) is 20.5 Å². The summed E-state index contributed by atoms with van der Waals surface area (Å²) in [5, 5.41) is 8.64. The number of nitrogens with zero attached hydrogens (tertiary/aromatic N) is 1. The van der Waals surface area contributed by atoms with Crippen LogP contribution < -0.4 is 15.7 Å². The standard InChI is InChI=1S/C15H18N4O4/c1-9(14-17-15(22)19-18-14)16-13(21)8-7-12(20)10-3-5-11(23-2)6-4-10/h3-6,9H,7-8H2,1-2H3,(H,16,21)(H2,17,18,19,22). The summed E-state index contributed by atoms with van der Waals surface area (Å²) in [5.74, 6) is 0.595. The van der Waals surface area contributed by atoms with Crippen LogP contribution in [0.3, 0.4) is 0 Å². The first-order chi connectivity index (χ1) is 11.0. The summed E-state index contributed by atoms with van der Waals surface area (Å²) in [6, 6.07) is 6.27. The smallest absolute Gasteiger partial charge is 0.340 e. The first-order valence-electron chi connectivity index (χ1n) is 7.11. The number of Topliss-reactive ketones (excluding diaryl/α,β-unsaturated/α-hetero) is 1. The lowest BCUT2D eigenvalue weighted by atomic mass is 10.1. The van der Waals surface area contributed by atoms with Gasteiger partial charge >= 0.3 is 5.69 Å². The molecule has 8 nitrogen and oxygen atoms in total. The quantitative estimate of drug-likeness (QED) is 0.657. The van der Waals surface area contributed by atoms with Gasteiger partial charge in [-0.15, -0.1) is 0 Å². The molecule has 2 aromatic rings. The van der Waals surface area contributed by atoms with Crippen molar-refractivity contribution in [2.45, 2.75) is 25.8 Å². The highest BCUT2D eigenvalue weighted by Crippen LogP contribution is 2.13. The summed E-state index contributed by atoms with van der Waals surface area (Å²) < 4.78 is 5.03. The zero-order valence-electron chi connectivity index (χ0n) is 12.9. The number of ether oxygens (including phenoxy) is 1. The van der Waals surface area contributed by atoms with Gasteiger partial charge in [-0.3, -0.25) is 14.6 Å². The maximum atomic E-state index is 12.0. The van der Waals surface area contributed by atoms with E-state index in [1.165, 1.54) is 0 Å². The highest BCUT2D eigenvalue weighted by atomic mass is 16.5. The van der Waals surface area contributed by atoms with Crippen molar-refractivity contribution in [3.05, 3.63) is 46.1 Å². The maximum absolute atomic E-state index is 12.0. The molecule has 0 saturated carbocycles. The Morgan fingerprint density at radius 1 is 1.26 bits per heavy atom. The third kappa shape index (κ3) is 4.53. The van der Waals surface area contributed by atoms with Gasteiger partial charge < -0.3 is 10.1 Å². The summed E-state index contributed by atoms with van der Waals surface area (Å²) in [6.45, 7) is 1.69.